The number of H-pyrrole nitrogens is 2. The van der Waals surface area contributed by atoms with Gasteiger partial charge in [-0.3, -0.25) is 14.4 Å². The van der Waals surface area contributed by atoms with Crippen molar-refractivity contribution >= 4 is 40.0 Å². The monoisotopic (exact) mass is 551 g/mol. The van der Waals surface area contributed by atoms with Gasteiger partial charge in [-0.25, -0.2) is 0 Å². The summed E-state index contributed by atoms with van der Waals surface area (Å²) in [4.78, 5) is 51.5. The molecule has 1 saturated heterocycles. The lowest BCUT2D eigenvalue weighted by Gasteiger charge is -2.39. The molecule has 9 nitrogen and oxygen atoms in total. The largest absolute Gasteiger partial charge is 0.351 e. The smallest absolute Gasteiger partial charge is 0.327 e. The SMILES string of the molecule is Cc1ccc2[nH]c(C(=O)N[C@H]3CCN(C(=O)CC(C)(C)C)C[C@H]3NC(=O)c3[nH+]c4c(s3)CN(C)CC4)cc2c1. The van der Waals surface area contributed by atoms with Gasteiger partial charge >= 0.3 is 10.9 Å². The molecular weight excluding hydrogens is 512 g/mol. The Hall–Kier alpha value is -3.24. The molecule has 208 valence electrons. The van der Waals surface area contributed by atoms with Crippen LogP contribution in [0.25, 0.3) is 10.9 Å². The van der Waals surface area contributed by atoms with Crippen molar-refractivity contribution in [3.05, 3.63) is 51.1 Å². The van der Waals surface area contributed by atoms with Crippen LogP contribution in [-0.4, -0.2) is 71.3 Å². The summed E-state index contributed by atoms with van der Waals surface area (Å²) in [6.07, 6.45) is 1.87. The number of aryl methyl sites for hydroxylation is 1. The van der Waals surface area contributed by atoms with E-state index < -0.39 is 6.04 Å². The molecular formula is C29H39N6O3S+. The summed E-state index contributed by atoms with van der Waals surface area (Å²) in [6, 6.07) is 7.15. The van der Waals surface area contributed by atoms with Crippen LogP contribution in [0, 0.1) is 12.3 Å². The van der Waals surface area contributed by atoms with Crippen molar-refractivity contribution in [1.82, 2.24) is 25.4 Å². The minimum Gasteiger partial charge on any atom is -0.351 e. The first-order chi connectivity index (χ1) is 18.4. The maximum Gasteiger partial charge on any atom is 0.327 e. The molecule has 5 rings (SSSR count). The Morgan fingerprint density at radius 3 is 2.64 bits per heavy atom. The van der Waals surface area contributed by atoms with Gasteiger partial charge in [0.1, 0.15) is 5.69 Å². The van der Waals surface area contributed by atoms with Gasteiger partial charge < -0.3 is 25.4 Å². The second kappa shape index (κ2) is 10.7. The zero-order valence-corrected chi connectivity index (χ0v) is 24.3. The fourth-order valence-electron chi connectivity index (χ4n) is 5.39. The van der Waals surface area contributed by atoms with Crippen LogP contribution in [0.5, 0.6) is 0 Å². The van der Waals surface area contributed by atoms with E-state index >= 15 is 0 Å². The lowest BCUT2D eigenvalue weighted by Crippen LogP contribution is -2.61. The number of carbonyl (C=O) groups is 3. The number of rotatable bonds is 5. The summed E-state index contributed by atoms with van der Waals surface area (Å²) >= 11 is 1.48. The lowest BCUT2D eigenvalue weighted by atomic mass is 9.90. The third kappa shape index (κ3) is 6.33. The number of hydrogen-bond acceptors (Lipinski definition) is 5. The fourth-order valence-corrected chi connectivity index (χ4v) is 6.53. The number of fused-ring (bicyclic) bond motifs is 2. The van der Waals surface area contributed by atoms with Crippen molar-refractivity contribution in [3.63, 3.8) is 0 Å². The van der Waals surface area contributed by atoms with Gasteiger partial charge in [0.05, 0.1) is 17.0 Å². The molecule has 0 saturated carbocycles. The number of likely N-dealkylation sites (tertiary alicyclic amines) is 1. The number of piperidine rings is 1. The summed E-state index contributed by atoms with van der Waals surface area (Å²) in [5, 5.41) is 7.84. The van der Waals surface area contributed by atoms with Crippen molar-refractivity contribution in [2.75, 3.05) is 26.7 Å². The molecule has 0 aliphatic carbocycles. The maximum atomic E-state index is 13.4. The van der Waals surface area contributed by atoms with Gasteiger partial charge in [0.2, 0.25) is 5.91 Å². The molecule has 10 heteroatoms. The third-order valence-electron chi connectivity index (χ3n) is 7.49. The molecule has 2 aliphatic heterocycles. The quantitative estimate of drug-likeness (QED) is 0.453. The summed E-state index contributed by atoms with van der Waals surface area (Å²) < 4.78 is 0. The average Bonchev–Trinajstić information content (AvgIpc) is 3.47. The molecule has 2 atom stereocenters. The molecule has 1 aromatic carbocycles. The molecule has 4 N–H and O–H groups in total. The number of benzene rings is 1. The van der Waals surface area contributed by atoms with E-state index in [1.54, 1.807) is 0 Å². The number of likely N-dealkylation sites (N-methyl/N-ethyl adjacent to an activating group) is 1. The van der Waals surface area contributed by atoms with Crippen LogP contribution < -0.4 is 15.6 Å². The second-order valence-corrected chi connectivity index (χ2v) is 13.4. The number of amides is 3. The minimum atomic E-state index is -0.416. The summed E-state index contributed by atoms with van der Waals surface area (Å²) in [7, 11) is 2.08. The van der Waals surface area contributed by atoms with E-state index in [2.05, 4.69) is 32.5 Å². The van der Waals surface area contributed by atoms with E-state index in [0.29, 0.717) is 36.6 Å². The number of nitrogens with one attached hydrogen (secondary N) is 4. The highest BCUT2D eigenvalue weighted by Crippen LogP contribution is 2.24. The molecule has 1 fully saturated rings. The Morgan fingerprint density at radius 1 is 1.10 bits per heavy atom. The number of carbonyl (C=O) groups excluding carboxylic acids is 3. The Labute approximate surface area is 233 Å². The van der Waals surface area contributed by atoms with Crippen LogP contribution in [0.4, 0.5) is 0 Å². The van der Waals surface area contributed by atoms with Gasteiger partial charge in [0, 0.05) is 49.9 Å². The maximum absolute atomic E-state index is 13.4. The molecule has 3 aromatic rings. The van der Waals surface area contributed by atoms with Crippen LogP contribution in [0.3, 0.4) is 0 Å². The van der Waals surface area contributed by atoms with Crippen LogP contribution in [-0.2, 0) is 17.8 Å². The number of thiazole rings is 1. The molecule has 39 heavy (non-hydrogen) atoms. The van der Waals surface area contributed by atoms with E-state index in [1.165, 1.54) is 16.2 Å². The predicted octanol–water partition coefficient (Wildman–Crippen LogP) is 2.91. The third-order valence-corrected chi connectivity index (χ3v) is 8.60. The number of aromatic amines is 2. The highest BCUT2D eigenvalue weighted by Gasteiger charge is 2.37. The minimum absolute atomic E-state index is 0.0682. The Balaban J connectivity index is 1.33. The van der Waals surface area contributed by atoms with Gasteiger partial charge in [0.15, 0.2) is 5.69 Å². The highest BCUT2D eigenvalue weighted by molar-refractivity contribution is 7.13. The highest BCUT2D eigenvalue weighted by atomic mass is 32.1. The molecule has 2 aliphatic rings. The van der Waals surface area contributed by atoms with Crippen molar-refractivity contribution in [1.29, 1.82) is 0 Å². The topological polar surface area (TPSA) is 112 Å². The van der Waals surface area contributed by atoms with E-state index in [9.17, 15) is 14.4 Å². The molecule has 0 radical (unpaired) electrons. The van der Waals surface area contributed by atoms with E-state index in [-0.39, 0.29) is 29.2 Å². The van der Waals surface area contributed by atoms with Crippen molar-refractivity contribution < 1.29 is 19.4 Å². The fraction of sp³-hybridized carbons (Fsp3) is 0.517. The molecule has 3 amide bonds. The zero-order valence-electron chi connectivity index (χ0n) is 23.4. The first kappa shape index (κ1) is 27.3. The average molecular weight is 552 g/mol. The summed E-state index contributed by atoms with van der Waals surface area (Å²) in [5.74, 6) is -0.352. The number of nitrogens with zero attached hydrogens (tertiary/aromatic N) is 2. The first-order valence-electron chi connectivity index (χ1n) is 13.7. The van der Waals surface area contributed by atoms with Crippen LogP contribution >= 0.6 is 11.3 Å². The van der Waals surface area contributed by atoms with Gasteiger partial charge in [-0.2, -0.15) is 4.98 Å². The Kier molecular flexibility index (Phi) is 7.52. The zero-order chi connectivity index (χ0) is 27.9. The molecule has 2 aromatic heterocycles. The molecule has 0 spiro atoms. The Bertz CT molecular complexity index is 1400. The van der Waals surface area contributed by atoms with Gasteiger partial charge in [-0.1, -0.05) is 43.7 Å². The predicted molar refractivity (Wildman–Crippen MR) is 152 cm³/mol. The first-order valence-corrected chi connectivity index (χ1v) is 14.5. The van der Waals surface area contributed by atoms with E-state index in [4.69, 9.17) is 0 Å². The summed E-state index contributed by atoms with van der Waals surface area (Å²) in [5.41, 5.74) is 3.50. The Morgan fingerprint density at radius 2 is 1.87 bits per heavy atom. The van der Waals surface area contributed by atoms with E-state index in [0.717, 1.165) is 41.7 Å². The van der Waals surface area contributed by atoms with Crippen LogP contribution in [0.15, 0.2) is 24.3 Å². The molecule has 4 heterocycles. The normalized spacial score (nSPS) is 20.1. The standard InChI is InChI=1S/C29H38N6O3S/c1-17-6-7-19-18(12-17)13-22(30-19)26(37)31-20-9-11-35(25(36)14-29(2,3)4)15-23(20)32-27(38)28-33-21-8-10-34(5)16-24(21)39-28/h6-7,12-13,20,23,30H,8-11,14-16H2,1-5H3,(H,31,37)(H,32,38)/p+1/t20-,23+/m0/s1. The lowest BCUT2D eigenvalue weighted by molar-refractivity contribution is -0.388. The second-order valence-electron chi connectivity index (χ2n) is 12.2. The van der Waals surface area contributed by atoms with Crippen molar-refractivity contribution in [3.8, 4) is 0 Å². The van der Waals surface area contributed by atoms with Gasteiger partial charge in [-0.05, 0) is 44.0 Å². The summed E-state index contributed by atoms with van der Waals surface area (Å²) in [6.45, 7) is 10.8. The van der Waals surface area contributed by atoms with Crippen molar-refractivity contribution in [2.24, 2.45) is 5.41 Å². The van der Waals surface area contributed by atoms with Crippen LogP contribution in [0.2, 0.25) is 0 Å². The van der Waals surface area contributed by atoms with Gasteiger partial charge in [0.25, 0.3) is 5.91 Å². The number of hydrogen-bond donors (Lipinski definition) is 3. The molecule has 0 bridgehead atoms. The van der Waals surface area contributed by atoms with Gasteiger partial charge in [-0.15, -0.1) is 0 Å². The van der Waals surface area contributed by atoms with E-state index in [1.807, 2.05) is 56.9 Å². The van der Waals surface area contributed by atoms with Crippen LogP contribution in [0.1, 0.15) is 70.0 Å². The van der Waals surface area contributed by atoms with Crippen molar-refractivity contribution in [2.45, 2.75) is 65.6 Å². The number of aromatic nitrogens is 2. The molecule has 0 unspecified atom stereocenters.